The first-order valence-corrected chi connectivity index (χ1v) is 5.55. The predicted octanol–water partition coefficient (Wildman–Crippen LogP) is 2.59. The summed E-state index contributed by atoms with van der Waals surface area (Å²) in [6.07, 6.45) is 1.27. The van der Waals surface area contributed by atoms with E-state index in [1.807, 2.05) is 18.2 Å². The Bertz CT molecular complexity index is 360. The summed E-state index contributed by atoms with van der Waals surface area (Å²) in [5.74, 6) is 0.804. The standard InChI is InChI=1S/C11H13BrN2O/c12-10-3-4-11(9(7-10)8-14)15-6-2-1-5-13/h3-4,7H,1-2,6,8,14H2. The number of benzene rings is 1. The maximum atomic E-state index is 8.37. The molecule has 0 heterocycles. The summed E-state index contributed by atoms with van der Waals surface area (Å²) in [4.78, 5) is 0. The fourth-order valence-corrected chi connectivity index (χ4v) is 1.59. The fraction of sp³-hybridized carbons (Fsp3) is 0.364. The molecule has 15 heavy (non-hydrogen) atoms. The average molecular weight is 269 g/mol. The highest BCUT2D eigenvalue weighted by molar-refractivity contribution is 9.10. The Morgan fingerprint density at radius 3 is 2.93 bits per heavy atom. The largest absolute Gasteiger partial charge is 0.493 e. The Labute approximate surface area is 98.0 Å². The fourth-order valence-electron chi connectivity index (χ4n) is 1.18. The van der Waals surface area contributed by atoms with Crippen molar-refractivity contribution in [3.05, 3.63) is 28.2 Å². The molecular formula is C11H13BrN2O. The van der Waals surface area contributed by atoms with Gasteiger partial charge in [0.25, 0.3) is 0 Å². The lowest BCUT2D eigenvalue weighted by molar-refractivity contribution is 0.309. The van der Waals surface area contributed by atoms with Crippen LogP contribution in [0.15, 0.2) is 22.7 Å². The van der Waals surface area contributed by atoms with E-state index in [1.165, 1.54) is 0 Å². The number of nitriles is 1. The zero-order valence-corrected chi connectivity index (χ0v) is 9.96. The van der Waals surface area contributed by atoms with Gasteiger partial charge in [-0.3, -0.25) is 0 Å². The molecule has 4 heteroatoms. The summed E-state index contributed by atoms with van der Waals surface area (Å²) in [5.41, 5.74) is 6.57. The molecule has 1 aromatic rings. The van der Waals surface area contributed by atoms with Gasteiger partial charge in [-0.15, -0.1) is 0 Å². The van der Waals surface area contributed by atoms with Gasteiger partial charge < -0.3 is 10.5 Å². The monoisotopic (exact) mass is 268 g/mol. The SMILES string of the molecule is N#CCCCOc1ccc(Br)cc1CN. The minimum atomic E-state index is 0.451. The van der Waals surface area contributed by atoms with Crippen molar-refractivity contribution >= 4 is 15.9 Å². The van der Waals surface area contributed by atoms with E-state index in [0.29, 0.717) is 19.6 Å². The van der Waals surface area contributed by atoms with Gasteiger partial charge in [0.1, 0.15) is 5.75 Å². The third kappa shape index (κ3) is 3.90. The van der Waals surface area contributed by atoms with Crippen LogP contribution in [0.4, 0.5) is 0 Å². The molecule has 0 saturated heterocycles. The van der Waals surface area contributed by atoms with E-state index in [9.17, 15) is 0 Å². The summed E-state index contributed by atoms with van der Waals surface area (Å²) in [7, 11) is 0. The second-order valence-corrected chi connectivity index (χ2v) is 3.98. The van der Waals surface area contributed by atoms with E-state index in [0.717, 1.165) is 22.2 Å². The van der Waals surface area contributed by atoms with Gasteiger partial charge in [-0.2, -0.15) is 5.26 Å². The Morgan fingerprint density at radius 2 is 2.27 bits per heavy atom. The number of nitrogens with two attached hydrogens (primary N) is 1. The van der Waals surface area contributed by atoms with Crippen LogP contribution in [0.3, 0.4) is 0 Å². The third-order valence-corrected chi connectivity index (χ3v) is 2.43. The summed E-state index contributed by atoms with van der Waals surface area (Å²) in [6, 6.07) is 7.83. The van der Waals surface area contributed by atoms with Crippen LogP contribution in [0, 0.1) is 11.3 Å². The molecule has 0 radical (unpaired) electrons. The lowest BCUT2D eigenvalue weighted by atomic mass is 10.2. The number of ether oxygens (including phenoxy) is 1. The first kappa shape index (κ1) is 12.0. The van der Waals surface area contributed by atoms with Gasteiger partial charge in [-0.1, -0.05) is 15.9 Å². The summed E-state index contributed by atoms with van der Waals surface area (Å²) >= 11 is 3.38. The average Bonchev–Trinajstić information content (AvgIpc) is 2.26. The number of hydrogen-bond donors (Lipinski definition) is 1. The van der Waals surface area contributed by atoms with Crippen LogP contribution in [0.2, 0.25) is 0 Å². The predicted molar refractivity (Wildman–Crippen MR) is 62.4 cm³/mol. The molecule has 80 valence electrons. The van der Waals surface area contributed by atoms with Crippen LogP contribution in [0.5, 0.6) is 5.75 Å². The van der Waals surface area contributed by atoms with Gasteiger partial charge in [0.15, 0.2) is 0 Å². The van der Waals surface area contributed by atoms with Crippen molar-refractivity contribution in [3.63, 3.8) is 0 Å². The van der Waals surface area contributed by atoms with Gasteiger partial charge in [0.2, 0.25) is 0 Å². The Morgan fingerprint density at radius 1 is 1.47 bits per heavy atom. The molecule has 0 atom stereocenters. The molecule has 3 nitrogen and oxygen atoms in total. The van der Waals surface area contributed by atoms with Crippen molar-refractivity contribution in [3.8, 4) is 11.8 Å². The number of rotatable bonds is 5. The van der Waals surface area contributed by atoms with Crippen LogP contribution in [0.1, 0.15) is 18.4 Å². The van der Waals surface area contributed by atoms with E-state index in [-0.39, 0.29) is 0 Å². The minimum absolute atomic E-state index is 0.451. The number of halogens is 1. The lowest BCUT2D eigenvalue weighted by Gasteiger charge is -2.09. The van der Waals surface area contributed by atoms with Crippen LogP contribution >= 0.6 is 15.9 Å². The van der Waals surface area contributed by atoms with E-state index in [2.05, 4.69) is 22.0 Å². The molecule has 0 aliphatic rings. The van der Waals surface area contributed by atoms with Crippen molar-refractivity contribution in [1.29, 1.82) is 5.26 Å². The van der Waals surface area contributed by atoms with Gasteiger partial charge >= 0.3 is 0 Å². The topological polar surface area (TPSA) is 59.0 Å². The molecule has 0 aliphatic heterocycles. The summed E-state index contributed by atoms with van der Waals surface area (Å²) in [6.45, 7) is 1.01. The molecule has 0 fully saturated rings. The van der Waals surface area contributed by atoms with Crippen molar-refractivity contribution in [2.45, 2.75) is 19.4 Å². The molecule has 0 unspecified atom stereocenters. The summed E-state index contributed by atoms with van der Waals surface area (Å²) in [5, 5.41) is 8.37. The number of unbranched alkanes of at least 4 members (excludes halogenated alkanes) is 1. The highest BCUT2D eigenvalue weighted by Gasteiger charge is 2.02. The molecule has 1 aromatic carbocycles. The highest BCUT2D eigenvalue weighted by atomic mass is 79.9. The third-order valence-electron chi connectivity index (χ3n) is 1.93. The molecule has 0 spiro atoms. The lowest BCUT2D eigenvalue weighted by Crippen LogP contribution is -2.03. The van der Waals surface area contributed by atoms with Crippen molar-refractivity contribution < 1.29 is 4.74 Å². The first-order valence-electron chi connectivity index (χ1n) is 4.76. The van der Waals surface area contributed by atoms with Crippen LogP contribution in [-0.2, 0) is 6.54 Å². The van der Waals surface area contributed by atoms with Crippen molar-refractivity contribution in [1.82, 2.24) is 0 Å². The minimum Gasteiger partial charge on any atom is -0.493 e. The van der Waals surface area contributed by atoms with E-state index in [4.69, 9.17) is 15.7 Å². The van der Waals surface area contributed by atoms with E-state index in [1.54, 1.807) is 0 Å². The molecule has 2 N–H and O–H groups in total. The zero-order chi connectivity index (χ0) is 11.1. The Kier molecular flexibility index (Phi) is 5.16. The number of nitrogens with zero attached hydrogens (tertiary/aromatic N) is 1. The van der Waals surface area contributed by atoms with Crippen LogP contribution in [-0.4, -0.2) is 6.61 Å². The Hall–Kier alpha value is -1.05. The van der Waals surface area contributed by atoms with Gasteiger partial charge in [0, 0.05) is 23.0 Å². The van der Waals surface area contributed by atoms with Gasteiger partial charge in [0.05, 0.1) is 12.7 Å². The molecular weight excluding hydrogens is 256 g/mol. The molecule has 0 aromatic heterocycles. The highest BCUT2D eigenvalue weighted by Crippen LogP contribution is 2.22. The molecule has 0 bridgehead atoms. The smallest absolute Gasteiger partial charge is 0.123 e. The second-order valence-electron chi connectivity index (χ2n) is 3.07. The summed E-state index contributed by atoms with van der Waals surface area (Å²) < 4.78 is 6.53. The first-order chi connectivity index (χ1) is 7.27. The maximum Gasteiger partial charge on any atom is 0.123 e. The zero-order valence-electron chi connectivity index (χ0n) is 8.37. The molecule has 0 aliphatic carbocycles. The van der Waals surface area contributed by atoms with E-state index >= 15 is 0 Å². The molecule has 1 rings (SSSR count). The molecule has 0 saturated carbocycles. The molecule has 0 amide bonds. The maximum absolute atomic E-state index is 8.37. The quantitative estimate of drug-likeness (QED) is 0.836. The number of hydrogen-bond acceptors (Lipinski definition) is 3. The normalized spacial score (nSPS) is 9.67. The Balaban J connectivity index is 2.57. The van der Waals surface area contributed by atoms with Gasteiger partial charge in [-0.25, -0.2) is 0 Å². The second kappa shape index (κ2) is 6.44. The van der Waals surface area contributed by atoms with E-state index < -0.39 is 0 Å². The van der Waals surface area contributed by atoms with Crippen LogP contribution in [0.25, 0.3) is 0 Å². The van der Waals surface area contributed by atoms with Crippen LogP contribution < -0.4 is 10.5 Å². The van der Waals surface area contributed by atoms with Gasteiger partial charge in [-0.05, 0) is 24.6 Å². The van der Waals surface area contributed by atoms with Crippen molar-refractivity contribution in [2.75, 3.05) is 6.61 Å². The van der Waals surface area contributed by atoms with Crippen molar-refractivity contribution in [2.24, 2.45) is 5.73 Å².